The lowest BCUT2D eigenvalue weighted by atomic mass is 10.0. The third kappa shape index (κ3) is 6.80. The number of hydrogen-bond acceptors (Lipinski definition) is 3. The predicted molar refractivity (Wildman–Crippen MR) is 68.2 cm³/mol. The van der Waals surface area contributed by atoms with E-state index in [-0.39, 0.29) is 17.9 Å². The van der Waals surface area contributed by atoms with Crippen LogP contribution in [-0.2, 0) is 4.79 Å². The summed E-state index contributed by atoms with van der Waals surface area (Å²) in [6.45, 7) is 5.55. The highest BCUT2D eigenvalue weighted by Gasteiger charge is 2.17. The second-order valence-corrected chi connectivity index (χ2v) is 4.72. The Labute approximate surface area is 99.6 Å². The Morgan fingerprint density at radius 3 is 2.44 bits per heavy atom. The monoisotopic (exact) mass is 229 g/mol. The summed E-state index contributed by atoms with van der Waals surface area (Å²) in [4.78, 5) is 13.9. The molecule has 2 unspecified atom stereocenters. The summed E-state index contributed by atoms with van der Waals surface area (Å²) < 4.78 is 0. The van der Waals surface area contributed by atoms with Gasteiger partial charge in [0.05, 0.1) is 5.92 Å². The Morgan fingerprint density at radius 1 is 1.38 bits per heavy atom. The molecule has 0 aromatic rings. The lowest BCUT2D eigenvalue weighted by Crippen LogP contribution is -2.41. The zero-order chi connectivity index (χ0) is 12.6. The van der Waals surface area contributed by atoms with Crippen molar-refractivity contribution in [3.05, 3.63) is 0 Å². The van der Waals surface area contributed by atoms with E-state index in [1.165, 1.54) is 0 Å². The van der Waals surface area contributed by atoms with Gasteiger partial charge < -0.3 is 16.0 Å². The number of hydrogen-bond donors (Lipinski definition) is 2. The summed E-state index contributed by atoms with van der Waals surface area (Å²) in [7, 11) is 4.07. The Morgan fingerprint density at radius 2 is 2.00 bits per heavy atom. The van der Waals surface area contributed by atoms with Gasteiger partial charge in [0.15, 0.2) is 0 Å². The van der Waals surface area contributed by atoms with Crippen molar-refractivity contribution in [1.29, 1.82) is 0 Å². The van der Waals surface area contributed by atoms with Crippen LogP contribution in [0.3, 0.4) is 0 Å². The summed E-state index contributed by atoms with van der Waals surface area (Å²) in [5, 5.41) is 3.03. The molecular weight excluding hydrogens is 202 g/mol. The van der Waals surface area contributed by atoms with E-state index < -0.39 is 0 Å². The topological polar surface area (TPSA) is 58.4 Å². The van der Waals surface area contributed by atoms with E-state index in [1.54, 1.807) is 0 Å². The van der Waals surface area contributed by atoms with Gasteiger partial charge in [0.25, 0.3) is 0 Å². The van der Waals surface area contributed by atoms with Crippen molar-refractivity contribution < 1.29 is 4.79 Å². The third-order valence-corrected chi connectivity index (χ3v) is 2.69. The standard InChI is InChI=1S/C12H27N3O/c1-5-6-11(9-13)12(16)14-10(2)7-8-15(3)4/h10-11H,5-9,13H2,1-4H3,(H,14,16). The van der Waals surface area contributed by atoms with Crippen molar-refractivity contribution in [2.75, 3.05) is 27.2 Å². The Hall–Kier alpha value is -0.610. The first-order valence-corrected chi connectivity index (χ1v) is 6.16. The molecular formula is C12H27N3O. The molecule has 3 N–H and O–H groups in total. The second-order valence-electron chi connectivity index (χ2n) is 4.72. The molecule has 0 radical (unpaired) electrons. The molecule has 1 amide bonds. The summed E-state index contributed by atoms with van der Waals surface area (Å²) in [5.74, 6) is 0.0856. The zero-order valence-electron chi connectivity index (χ0n) is 11.1. The first kappa shape index (κ1) is 15.4. The van der Waals surface area contributed by atoms with Crippen LogP contribution < -0.4 is 11.1 Å². The molecule has 0 bridgehead atoms. The van der Waals surface area contributed by atoms with Crippen molar-refractivity contribution in [3.63, 3.8) is 0 Å². The number of nitrogens with one attached hydrogen (secondary N) is 1. The summed E-state index contributed by atoms with van der Waals surface area (Å²) in [5.41, 5.74) is 5.59. The average Bonchev–Trinajstić information content (AvgIpc) is 2.22. The summed E-state index contributed by atoms with van der Waals surface area (Å²) in [6.07, 6.45) is 2.85. The number of carbonyl (C=O) groups is 1. The fourth-order valence-corrected chi connectivity index (χ4v) is 1.59. The molecule has 0 aliphatic rings. The second kappa shape index (κ2) is 8.53. The third-order valence-electron chi connectivity index (χ3n) is 2.69. The number of nitrogens with zero attached hydrogens (tertiary/aromatic N) is 1. The van der Waals surface area contributed by atoms with E-state index in [0.717, 1.165) is 25.8 Å². The Kier molecular flexibility index (Phi) is 8.21. The van der Waals surface area contributed by atoms with E-state index in [1.807, 2.05) is 21.0 Å². The maximum atomic E-state index is 11.8. The molecule has 0 heterocycles. The number of amides is 1. The van der Waals surface area contributed by atoms with Crippen molar-refractivity contribution >= 4 is 5.91 Å². The van der Waals surface area contributed by atoms with Gasteiger partial charge in [-0.05, 0) is 40.4 Å². The van der Waals surface area contributed by atoms with E-state index >= 15 is 0 Å². The molecule has 96 valence electrons. The van der Waals surface area contributed by atoms with Gasteiger partial charge in [0, 0.05) is 12.6 Å². The van der Waals surface area contributed by atoms with Crippen molar-refractivity contribution in [2.24, 2.45) is 11.7 Å². The minimum Gasteiger partial charge on any atom is -0.353 e. The van der Waals surface area contributed by atoms with E-state index in [9.17, 15) is 4.79 Å². The number of nitrogens with two attached hydrogens (primary N) is 1. The zero-order valence-corrected chi connectivity index (χ0v) is 11.1. The van der Waals surface area contributed by atoms with Crippen LogP contribution in [0.15, 0.2) is 0 Å². The van der Waals surface area contributed by atoms with Gasteiger partial charge in [-0.1, -0.05) is 13.3 Å². The summed E-state index contributed by atoms with van der Waals surface area (Å²) in [6, 6.07) is 0.223. The highest BCUT2D eigenvalue weighted by Crippen LogP contribution is 2.05. The lowest BCUT2D eigenvalue weighted by molar-refractivity contribution is -0.125. The first-order chi connectivity index (χ1) is 7.51. The molecule has 2 atom stereocenters. The number of rotatable bonds is 8. The molecule has 0 aromatic carbocycles. The highest BCUT2D eigenvalue weighted by molar-refractivity contribution is 5.79. The van der Waals surface area contributed by atoms with Crippen LogP contribution in [0.2, 0.25) is 0 Å². The largest absolute Gasteiger partial charge is 0.353 e. The molecule has 0 aliphatic carbocycles. The first-order valence-electron chi connectivity index (χ1n) is 6.16. The fourth-order valence-electron chi connectivity index (χ4n) is 1.59. The van der Waals surface area contributed by atoms with Crippen LogP contribution in [0.25, 0.3) is 0 Å². The van der Waals surface area contributed by atoms with Gasteiger partial charge in [-0.3, -0.25) is 4.79 Å². The summed E-state index contributed by atoms with van der Waals surface area (Å²) >= 11 is 0. The van der Waals surface area contributed by atoms with Crippen molar-refractivity contribution in [2.45, 2.75) is 39.2 Å². The maximum Gasteiger partial charge on any atom is 0.224 e. The van der Waals surface area contributed by atoms with Gasteiger partial charge in [0.2, 0.25) is 5.91 Å². The Bertz CT molecular complexity index is 195. The van der Waals surface area contributed by atoms with Crippen LogP contribution in [0, 0.1) is 5.92 Å². The Balaban J connectivity index is 3.91. The van der Waals surface area contributed by atoms with E-state index in [4.69, 9.17) is 5.73 Å². The van der Waals surface area contributed by atoms with Gasteiger partial charge in [0.1, 0.15) is 0 Å². The van der Waals surface area contributed by atoms with Gasteiger partial charge in [-0.25, -0.2) is 0 Å². The molecule has 4 heteroatoms. The van der Waals surface area contributed by atoms with Crippen molar-refractivity contribution in [3.8, 4) is 0 Å². The van der Waals surface area contributed by atoms with E-state index in [0.29, 0.717) is 6.54 Å². The minimum absolute atomic E-state index is 0.0215. The quantitative estimate of drug-likeness (QED) is 0.648. The molecule has 0 saturated heterocycles. The van der Waals surface area contributed by atoms with Crippen LogP contribution in [0.4, 0.5) is 0 Å². The molecule has 16 heavy (non-hydrogen) atoms. The van der Waals surface area contributed by atoms with Crippen LogP contribution in [0.5, 0.6) is 0 Å². The molecule has 0 aromatic heterocycles. The molecule has 0 aliphatic heterocycles. The van der Waals surface area contributed by atoms with Crippen LogP contribution in [0.1, 0.15) is 33.1 Å². The molecule has 4 nitrogen and oxygen atoms in total. The number of carbonyl (C=O) groups excluding carboxylic acids is 1. The molecule has 0 spiro atoms. The van der Waals surface area contributed by atoms with Gasteiger partial charge >= 0.3 is 0 Å². The van der Waals surface area contributed by atoms with Gasteiger partial charge in [-0.15, -0.1) is 0 Å². The minimum atomic E-state index is -0.0215. The fraction of sp³-hybridized carbons (Fsp3) is 0.917. The average molecular weight is 229 g/mol. The van der Waals surface area contributed by atoms with Gasteiger partial charge in [-0.2, -0.15) is 0 Å². The molecule has 0 fully saturated rings. The lowest BCUT2D eigenvalue weighted by Gasteiger charge is -2.20. The van der Waals surface area contributed by atoms with E-state index in [2.05, 4.69) is 17.1 Å². The normalized spacial score (nSPS) is 14.9. The maximum absolute atomic E-state index is 11.8. The van der Waals surface area contributed by atoms with Crippen LogP contribution >= 0.6 is 0 Å². The molecule has 0 saturated carbocycles. The predicted octanol–water partition coefficient (Wildman–Crippen LogP) is 0.818. The smallest absolute Gasteiger partial charge is 0.224 e. The van der Waals surface area contributed by atoms with Crippen LogP contribution in [-0.4, -0.2) is 44.0 Å². The SMILES string of the molecule is CCCC(CN)C(=O)NC(C)CCN(C)C. The highest BCUT2D eigenvalue weighted by atomic mass is 16.1. The molecule has 0 rings (SSSR count). The van der Waals surface area contributed by atoms with Crippen molar-refractivity contribution in [1.82, 2.24) is 10.2 Å².